The fraction of sp³-hybridized carbons (Fsp3) is 0.643. The van der Waals surface area contributed by atoms with Gasteiger partial charge in [0.2, 0.25) is 0 Å². The Kier molecular flexibility index (Phi) is 6.23. The average Bonchev–Trinajstić information content (AvgIpc) is 2.73. The lowest BCUT2D eigenvalue weighted by Gasteiger charge is -2.19. The van der Waals surface area contributed by atoms with Crippen LogP contribution in [0.25, 0.3) is 0 Å². The molecule has 0 aromatic carbocycles. The second-order valence-electron chi connectivity index (χ2n) is 5.94. The molecule has 23 heavy (non-hydrogen) atoms. The highest BCUT2D eigenvalue weighted by Crippen LogP contribution is 2.13. The van der Waals surface area contributed by atoms with Crippen molar-refractivity contribution in [2.75, 3.05) is 6.54 Å². The predicted octanol–water partition coefficient (Wildman–Crippen LogP) is 0.468. The first-order valence-electron chi connectivity index (χ1n) is 7.13. The maximum atomic E-state index is 11.6. The molecule has 0 radical (unpaired) electrons. The van der Waals surface area contributed by atoms with Crippen molar-refractivity contribution < 1.29 is 33.5 Å². The molecule has 0 aromatic heterocycles. The number of ether oxygens (including phenoxy) is 1. The monoisotopic (exact) mass is 328 g/mol. The fourth-order valence-corrected chi connectivity index (χ4v) is 1.62. The lowest BCUT2D eigenvalue weighted by molar-refractivity contribution is -0.197. The molecule has 0 unspecified atom stereocenters. The lowest BCUT2D eigenvalue weighted by Crippen LogP contribution is -2.36. The summed E-state index contributed by atoms with van der Waals surface area (Å²) in [4.78, 5) is 61.5. The zero-order chi connectivity index (χ0) is 17.6. The standard InChI is InChI=1S/C14H20N2O7/c1-14(2,3)22-13(21)15-8-9(17)4-7-12(20)23-16-10(18)5-6-11(16)19/h4-8H2,1-3H3,(H,15,21). The van der Waals surface area contributed by atoms with E-state index in [2.05, 4.69) is 10.2 Å². The van der Waals surface area contributed by atoms with Gasteiger partial charge in [-0.2, -0.15) is 0 Å². The SMILES string of the molecule is CC(C)(C)OC(=O)NCC(=O)CCC(=O)ON1C(=O)CCC1=O. The molecule has 3 amide bonds. The van der Waals surface area contributed by atoms with Crippen molar-refractivity contribution in [1.29, 1.82) is 0 Å². The molecule has 0 bridgehead atoms. The van der Waals surface area contributed by atoms with Crippen LogP contribution < -0.4 is 5.32 Å². The van der Waals surface area contributed by atoms with Crippen molar-refractivity contribution in [2.24, 2.45) is 0 Å². The zero-order valence-corrected chi connectivity index (χ0v) is 13.3. The Balaban J connectivity index is 2.25. The number of alkyl carbamates (subject to hydrolysis) is 1. The molecule has 0 atom stereocenters. The maximum absolute atomic E-state index is 11.6. The number of hydrogen-bond acceptors (Lipinski definition) is 7. The van der Waals surface area contributed by atoms with Gasteiger partial charge in [0.05, 0.1) is 13.0 Å². The van der Waals surface area contributed by atoms with Crippen molar-refractivity contribution in [3.8, 4) is 0 Å². The molecule has 128 valence electrons. The van der Waals surface area contributed by atoms with Gasteiger partial charge in [-0.05, 0) is 20.8 Å². The number of amides is 3. The van der Waals surface area contributed by atoms with Crippen LogP contribution >= 0.6 is 0 Å². The van der Waals surface area contributed by atoms with Crippen molar-refractivity contribution >= 4 is 29.7 Å². The summed E-state index contributed by atoms with van der Waals surface area (Å²) >= 11 is 0. The lowest BCUT2D eigenvalue weighted by atomic mass is 10.2. The van der Waals surface area contributed by atoms with Gasteiger partial charge in [-0.15, -0.1) is 5.06 Å². The minimum Gasteiger partial charge on any atom is -0.444 e. The normalized spacial score (nSPS) is 14.7. The topological polar surface area (TPSA) is 119 Å². The Labute approximate surface area is 133 Å². The minimum atomic E-state index is -0.862. The van der Waals surface area contributed by atoms with Crippen LogP contribution in [0.5, 0.6) is 0 Å². The molecule has 0 spiro atoms. The number of carbonyl (C=O) groups excluding carboxylic acids is 5. The first-order valence-corrected chi connectivity index (χ1v) is 7.13. The van der Waals surface area contributed by atoms with E-state index in [1.54, 1.807) is 20.8 Å². The van der Waals surface area contributed by atoms with Gasteiger partial charge in [0.1, 0.15) is 5.60 Å². The van der Waals surface area contributed by atoms with E-state index in [4.69, 9.17) is 4.74 Å². The van der Waals surface area contributed by atoms with Crippen LogP contribution in [0.2, 0.25) is 0 Å². The van der Waals surface area contributed by atoms with Crippen LogP contribution in [0.4, 0.5) is 4.79 Å². The number of nitrogens with zero attached hydrogens (tertiary/aromatic N) is 1. The number of hydroxylamine groups is 2. The van der Waals surface area contributed by atoms with Crippen LogP contribution in [-0.2, 0) is 28.8 Å². The fourth-order valence-electron chi connectivity index (χ4n) is 1.62. The molecule has 0 aromatic rings. The molecule has 1 aliphatic rings. The minimum absolute atomic E-state index is 0.00481. The molecule has 1 aliphatic heterocycles. The Morgan fingerprint density at radius 1 is 1.09 bits per heavy atom. The molecule has 9 nitrogen and oxygen atoms in total. The van der Waals surface area contributed by atoms with E-state index < -0.39 is 35.3 Å². The van der Waals surface area contributed by atoms with Gasteiger partial charge in [0, 0.05) is 19.3 Å². The molecule has 1 rings (SSSR count). The van der Waals surface area contributed by atoms with Gasteiger partial charge in [-0.3, -0.25) is 14.4 Å². The van der Waals surface area contributed by atoms with Crippen LogP contribution in [0.15, 0.2) is 0 Å². The average molecular weight is 328 g/mol. The third-order valence-corrected chi connectivity index (χ3v) is 2.64. The first-order chi connectivity index (χ1) is 10.6. The predicted molar refractivity (Wildman–Crippen MR) is 75.7 cm³/mol. The third-order valence-electron chi connectivity index (χ3n) is 2.64. The number of ketones is 1. The second-order valence-corrected chi connectivity index (χ2v) is 5.94. The van der Waals surface area contributed by atoms with Gasteiger partial charge < -0.3 is 14.9 Å². The molecule has 1 fully saturated rings. The van der Waals surface area contributed by atoms with Crippen molar-refractivity contribution in [3.63, 3.8) is 0 Å². The summed E-state index contributed by atoms with van der Waals surface area (Å²) in [5.41, 5.74) is -0.675. The molecular formula is C14H20N2O7. The Hall–Kier alpha value is -2.45. The maximum Gasteiger partial charge on any atom is 0.408 e. The van der Waals surface area contributed by atoms with E-state index >= 15 is 0 Å². The summed E-state index contributed by atoms with van der Waals surface area (Å²) in [5.74, 6) is -2.44. The Bertz CT molecular complexity index is 506. The summed E-state index contributed by atoms with van der Waals surface area (Å²) in [5, 5.41) is 2.69. The summed E-state index contributed by atoms with van der Waals surface area (Å²) in [6, 6.07) is 0. The molecular weight excluding hydrogens is 308 g/mol. The van der Waals surface area contributed by atoms with Crippen LogP contribution in [-0.4, -0.2) is 46.9 Å². The summed E-state index contributed by atoms with van der Waals surface area (Å²) in [6.45, 7) is 4.77. The van der Waals surface area contributed by atoms with Crippen molar-refractivity contribution in [3.05, 3.63) is 0 Å². The first kappa shape index (κ1) is 18.6. The van der Waals surface area contributed by atoms with Crippen molar-refractivity contribution in [1.82, 2.24) is 10.4 Å². The number of hydrogen-bond donors (Lipinski definition) is 1. The number of carbonyl (C=O) groups is 5. The summed E-state index contributed by atoms with van der Waals surface area (Å²) < 4.78 is 4.95. The third kappa shape index (κ3) is 6.90. The second kappa shape index (κ2) is 7.70. The smallest absolute Gasteiger partial charge is 0.408 e. The highest BCUT2D eigenvalue weighted by atomic mass is 16.7. The number of imide groups is 1. The Morgan fingerprint density at radius 3 is 2.17 bits per heavy atom. The summed E-state index contributed by atoms with van der Waals surface area (Å²) in [6.07, 6.45) is -1.21. The van der Waals surface area contributed by atoms with Crippen molar-refractivity contribution in [2.45, 2.75) is 52.1 Å². The molecule has 1 saturated heterocycles. The zero-order valence-electron chi connectivity index (χ0n) is 13.3. The van der Waals surface area contributed by atoms with E-state index in [1.807, 2.05) is 0 Å². The van der Waals surface area contributed by atoms with Gasteiger partial charge >= 0.3 is 12.1 Å². The van der Waals surface area contributed by atoms with Gasteiger partial charge in [0.15, 0.2) is 5.78 Å². The molecule has 1 N–H and O–H groups in total. The van der Waals surface area contributed by atoms with E-state index in [0.29, 0.717) is 5.06 Å². The number of nitrogens with one attached hydrogen (secondary N) is 1. The van der Waals surface area contributed by atoms with E-state index in [1.165, 1.54) is 0 Å². The van der Waals surface area contributed by atoms with Gasteiger partial charge in [-0.25, -0.2) is 9.59 Å². The molecule has 0 saturated carbocycles. The van der Waals surface area contributed by atoms with E-state index in [0.717, 1.165) is 0 Å². The van der Waals surface area contributed by atoms with E-state index in [-0.39, 0.29) is 32.2 Å². The molecule has 1 heterocycles. The molecule has 9 heteroatoms. The Morgan fingerprint density at radius 2 is 1.65 bits per heavy atom. The summed E-state index contributed by atoms with van der Waals surface area (Å²) in [7, 11) is 0. The highest BCUT2D eigenvalue weighted by molar-refractivity contribution is 6.01. The number of Topliss-reactive ketones (excluding diaryl/α,β-unsaturated/α-hetero) is 1. The van der Waals surface area contributed by atoms with Crippen LogP contribution in [0.3, 0.4) is 0 Å². The highest BCUT2D eigenvalue weighted by Gasteiger charge is 2.32. The quantitative estimate of drug-likeness (QED) is 0.704. The van der Waals surface area contributed by atoms with Gasteiger partial charge in [-0.1, -0.05) is 0 Å². The van der Waals surface area contributed by atoms with Gasteiger partial charge in [0.25, 0.3) is 11.8 Å². The van der Waals surface area contributed by atoms with E-state index in [9.17, 15) is 24.0 Å². The molecule has 0 aliphatic carbocycles. The van der Waals surface area contributed by atoms with Crippen LogP contribution in [0.1, 0.15) is 46.5 Å². The largest absolute Gasteiger partial charge is 0.444 e. The van der Waals surface area contributed by atoms with Crippen LogP contribution in [0, 0.1) is 0 Å². The number of rotatable bonds is 6.